The molecule has 3 N–H and O–H groups in total. The van der Waals surface area contributed by atoms with Gasteiger partial charge in [0.2, 0.25) is 11.8 Å². The van der Waals surface area contributed by atoms with E-state index >= 15 is 0 Å². The number of alkyl carbamates (subject to hydrolysis) is 1. The van der Waals surface area contributed by atoms with Crippen molar-refractivity contribution in [2.45, 2.75) is 108 Å². The van der Waals surface area contributed by atoms with Gasteiger partial charge in [-0.05, 0) is 76.1 Å². The van der Waals surface area contributed by atoms with Crippen molar-refractivity contribution in [2.24, 2.45) is 5.92 Å². The van der Waals surface area contributed by atoms with Crippen LogP contribution in [0.25, 0.3) is 0 Å². The third-order valence-electron chi connectivity index (χ3n) is 9.02. The molecule has 46 heavy (non-hydrogen) atoms. The molecule has 2 fully saturated rings. The van der Waals surface area contributed by atoms with Gasteiger partial charge in [-0.15, -0.1) is 0 Å². The summed E-state index contributed by atoms with van der Waals surface area (Å²) in [7, 11) is 0. The molecule has 3 aliphatic heterocycles. The Morgan fingerprint density at radius 3 is 2.65 bits per heavy atom. The second kappa shape index (κ2) is 13.5. The van der Waals surface area contributed by atoms with Crippen molar-refractivity contribution in [3.8, 4) is 0 Å². The van der Waals surface area contributed by atoms with Crippen molar-refractivity contribution in [1.29, 1.82) is 0 Å². The molecular formula is C33H43ClN4O8. The maximum atomic E-state index is 14.1. The lowest BCUT2D eigenvalue weighted by molar-refractivity contribution is -0.145. The van der Waals surface area contributed by atoms with Crippen LogP contribution in [0.2, 0.25) is 5.02 Å². The number of carbonyl (C=O) groups is 5. The Morgan fingerprint density at radius 1 is 1.13 bits per heavy atom. The van der Waals surface area contributed by atoms with Crippen LogP contribution in [0.1, 0.15) is 76.8 Å². The molecule has 13 heteroatoms. The second-order valence-electron chi connectivity index (χ2n) is 13.7. The van der Waals surface area contributed by atoms with Crippen molar-refractivity contribution < 1.29 is 38.6 Å². The number of hydrogen-bond donors (Lipinski definition) is 3. The van der Waals surface area contributed by atoms with Crippen LogP contribution in [0.3, 0.4) is 0 Å². The highest BCUT2D eigenvalue weighted by molar-refractivity contribution is 6.30. The van der Waals surface area contributed by atoms with Gasteiger partial charge in [0, 0.05) is 30.5 Å². The number of rotatable bonds is 3. The molecule has 0 unspecified atom stereocenters. The van der Waals surface area contributed by atoms with Gasteiger partial charge in [0.1, 0.15) is 29.3 Å². The molecule has 0 radical (unpaired) electrons. The molecule has 250 valence electrons. The van der Waals surface area contributed by atoms with Crippen LogP contribution >= 0.6 is 11.6 Å². The van der Waals surface area contributed by atoms with Crippen molar-refractivity contribution in [2.75, 3.05) is 13.1 Å². The van der Waals surface area contributed by atoms with E-state index in [1.165, 1.54) is 4.90 Å². The Labute approximate surface area is 273 Å². The van der Waals surface area contributed by atoms with E-state index in [2.05, 4.69) is 10.6 Å². The molecule has 1 aromatic rings. The van der Waals surface area contributed by atoms with E-state index in [1.807, 2.05) is 30.4 Å². The van der Waals surface area contributed by atoms with Gasteiger partial charge in [0.05, 0.1) is 6.54 Å². The van der Waals surface area contributed by atoms with Crippen LogP contribution in [-0.2, 0) is 36.8 Å². The summed E-state index contributed by atoms with van der Waals surface area (Å²) in [5.74, 6) is -2.67. The lowest BCUT2D eigenvalue weighted by Gasteiger charge is -2.30. The van der Waals surface area contributed by atoms with E-state index in [0.29, 0.717) is 37.4 Å². The van der Waals surface area contributed by atoms with Gasteiger partial charge in [-0.2, -0.15) is 0 Å². The number of aliphatic carboxylic acids is 1. The quantitative estimate of drug-likeness (QED) is 0.409. The number of ether oxygens (including phenoxy) is 2. The van der Waals surface area contributed by atoms with Gasteiger partial charge in [0.15, 0.2) is 0 Å². The minimum atomic E-state index is -1.46. The zero-order chi connectivity index (χ0) is 33.2. The SMILES string of the molecule is CC(C)(C)OC(=O)N[C@H]1CCCCC/C=C\[C@@H]2C[C@@]2(C(=O)O)NC(=O)[C@@H]2C[C@@H](OC(=O)N3CCc4ccc(Cl)cc4C3)CN2C1=O. The predicted octanol–water partition coefficient (Wildman–Crippen LogP) is 4.18. The molecule has 12 nitrogen and oxygen atoms in total. The smallest absolute Gasteiger partial charge is 0.410 e. The number of carboxylic acids is 1. The average Bonchev–Trinajstić information content (AvgIpc) is 3.51. The van der Waals surface area contributed by atoms with Crippen molar-refractivity contribution in [3.05, 3.63) is 46.5 Å². The highest BCUT2D eigenvalue weighted by Crippen LogP contribution is 2.45. The van der Waals surface area contributed by atoms with E-state index < -0.39 is 59.3 Å². The fourth-order valence-corrected chi connectivity index (χ4v) is 6.69. The summed E-state index contributed by atoms with van der Waals surface area (Å²) in [5.41, 5.74) is -0.228. The van der Waals surface area contributed by atoms with E-state index in [0.717, 1.165) is 30.4 Å². The molecule has 4 amide bonds. The standard InChI is InChI=1S/C33H43ClN4O8/c1-32(2,3)46-30(43)35-25-10-8-6-4-5-7-9-22-17-33(22,29(41)42)36-27(39)26-16-24(19-38(26)28(25)40)45-31(44)37-14-13-20-11-12-23(34)15-21(20)18-37/h7,9,11-12,15,22,24-26H,4-6,8,10,13-14,16-19H2,1-3H3,(H,35,43)(H,36,39)(H,41,42)/b9-7-/t22-,24-,25+,26+,33-/m1/s1. The molecule has 4 aliphatic rings. The highest BCUT2D eigenvalue weighted by Gasteiger charge is 2.61. The van der Waals surface area contributed by atoms with Crippen molar-refractivity contribution >= 4 is 41.6 Å². The second-order valence-corrected chi connectivity index (χ2v) is 14.1. The zero-order valence-electron chi connectivity index (χ0n) is 26.6. The van der Waals surface area contributed by atoms with Gasteiger partial charge in [-0.25, -0.2) is 14.4 Å². The summed E-state index contributed by atoms with van der Waals surface area (Å²) < 4.78 is 11.3. The number of nitrogens with one attached hydrogen (secondary N) is 2. The normalized spacial score (nSPS) is 29.1. The molecule has 5 rings (SSSR count). The molecule has 1 aromatic carbocycles. The first-order valence-corrected chi connectivity index (χ1v) is 16.4. The van der Waals surface area contributed by atoms with Crippen LogP contribution in [0.5, 0.6) is 0 Å². The molecule has 5 atom stereocenters. The van der Waals surface area contributed by atoms with Crippen LogP contribution in [0, 0.1) is 5.92 Å². The number of carbonyl (C=O) groups excluding carboxylic acids is 4. The average molecular weight is 659 g/mol. The maximum absolute atomic E-state index is 14.1. The Hall–Kier alpha value is -3.80. The number of benzene rings is 1. The highest BCUT2D eigenvalue weighted by atomic mass is 35.5. The van der Waals surface area contributed by atoms with Crippen LogP contribution < -0.4 is 10.6 Å². The van der Waals surface area contributed by atoms with Gasteiger partial charge in [-0.3, -0.25) is 9.59 Å². The monoisotopic (exact) mass is 658 g/mol. The third-order valence-corrected chi connectivity index (χ3v) is 9.25. The molecule has 1 saturated heterocycles. The molecule has 0 spiro atoms. The summed E-state index contributed by atoms with van der Waals surface area (Å²) >= 11 is 6.17. The number of allylic oxidation sites excluding steroid dienone is 1. The van der Waals surface area contributed by atoms with Gasteiger partial charge in [0.25, 0.3) is 0 Å². The fourth-order valence-electron chi connectivity index (χ4n) is 6.50. The first kappa shape index (κ1) is 33.6. The summed E-state index contributed by atoms with van der Waals surface area (Å²) in [6.07, 6.45) is 5.75. The van der Waals surface area contributed by atoms with Crippen LogP contribution in [0.4, 0.5) is 9.59 Å². The Kier molecular flexibility index (Phi) is 9.86. The Balaban J connectivity index is 1.36. The zero-order valence-corrected chi connectivity index (χ0v) is 27.3. The molecule has 3 heterocycles. The summed E-state index contributed by atoms with van der Waals surface area (Å²) in [6, 6.07) is 3.47. The number of carboxylic acid groups (broad SMARTS) is 1. The number of fused-ring (bicyclic) bond motifs is 3. The lowest BCUT2D eigenvalue weighted by atomic mass is 10.0. The van der Waals surface area contributed by atoms with Gasteiger partial charge in [-0.1, -0.05) is 42.7 Å². The number of halogens is 1. The topological polar surface area (TPSA) is 155 Å². The van der Waals surface area contributed by atoms with Crippen molar-refractivity contribution in [3.63, 3.8) is 0 Å². The first-order chi connectivity index (χ1) is 21.8. The first-order valence-electron chi connectivity index (χ1n) is 16.0. The largest absolute Gasteiger partial charge is 0.479 e. The van der Waals surface area contributed by atoms with E-state index in [4.69, 9.17) is 21.1 Å². The molecule has 1 aliphatic carbocycles. The minimum absolute atomic E-state index is 0.0189. The van der Waals surface area contributed by atoms with Crippen LogP contribution in [-0.4, -0.2) is 87.3 Å². The molecule has 0 bridgehead atoms. The molecule has 1 saturated carbocycles. The van der Waals surface area contributed by atoms with Crippen LogP contribution in [0.15, 0.2) is 30.4 Å². The summed E-state index contributed by atoms with van der Waals surface area (Å²) in [6.45, 7) is 5.82. The van der Waals surface area contributed by atoms with Gasteiger partial charge >= 0.3 is 18.2 Å². The van der Waals surface area contributed by atoms with E-state index in [1.54, 1.807) is 25.7 Å². The molecular weight excluding hydrogens is 616 g/mol. The van der Waals surface area contributed by atoms with E-state index in [-0.39, 0.29) is 25.3 Å². The number of nitrogens with zero attached hydrogens (tertiary/aromatic N) is 2. The number of hydrogen-bond acceptors (Lipinski definition) is 7. The minimum Gasteiger partial charge on any atom is -0.479 e. The van der Waals surface area contributed by atoms with Crippen molar-refractivity contribution in [1.82, 2.24) is 20.4 Å². The summed E-state index contributed by atoms with van der Waals surface area (Å²) in [5, 5.41) is 16.0. The lowest BCUT2D eigenvalue weighted by Crippen LogP contribution is -2.56. The Morgan fingerprint density at radius 2 is 1.91 bits per heavy atom. The third kappa shape index (κ3) is 7.76. The Bertz CT molecular complexity index is 1410. The predicted molar refractivity (Wildman–Crippen MR) is 168 cm³/mol. The molecule has 0 aromatic heterocycles. The van der Waals surface area contributed by atoms with Gasteiger partial charge < -0.3 is 35.0 Å². The maximum Gasteiger partial charge on any atom is 0.410 e. The number of amides is 4. The fraction of sp³-hybridized carbons (Fsp3) is 0.606. The van der Waals surface area contributed by atoms with E-state index in [9.17, 15) is 29.1 Å². The summed E-state index contributed by atoms with van der Waals surface area (Å²) in [4.78, 5) is 69.2.